The zero-order chi connectivity index (χ0) is 16.8. The highest BCUT2D eigenvalue weighted by atomic mass is 16.5. The summed E-state index contributed by atoms with van der Waals surface area (Å²) in [5.41, 5.74) is 6.87. The van der Waals surface area contributed by atoms with E-state index in [0.29, 0.717) is 18.1 Å². The van der Waals surface area contributed by atoms with Gasteiger partial charge in [-0.3, -0.25) is 0 Å². The Balaban J connectivity index is 2.09. The minimum Gasteiger partial charge on any atom is -0.550 e. The molecular formula is C18H21NO4. The minimum absolute atomic E-state index is 0.132. The highest BCUT2D eigenvalue weighted by Gasteiger charge is 2.14. The van der Waals surface area contributed by atoms with Crippen LogP contribution in [0.3, 0.4) is 0 Å². The number of aryl methyl sites for hydroxylation is 1. The Kier molecular flexibility index (Phi) is 5.60. The van der Waals surface area contributed by atoms with Crippen molar-refractivity contribution in [2.45, 2.75) is 26.0 Å². The molecule has 2 rings (SSSR count). The van der Waals surface area contributed by atoms with E-state index < -0.39 is 5.97 Å². The van der Waals surface area contributed by atoms with Crippen molar-refractivity contribution in [3.63, 3.8) is 0 Å². The lowest BCUT2D eigenvalue weighted by atomic mass is 10.0. The lowest BCUT2D eigenvalue weighted by Gasteiger charge is -2.14. The van der Waals surface area contributed by atoms with Gasteiger partial charge in [0.2, 0.25) is 0 Å². The number of carboxylic acid groups (broad SMARTS) is 1. The molecule has 0 spiro atoms. The Bertz CT molecular complexity index is 667. The molecule has 0 aliphatic carbocycles. The van der Waals surface area contributed by atoms with Gasteiger partial charge in [-0.15, -0.1) is 0 Å². The van der Waals surface area contributed by atoms with Crippen LogP contribution < -0.4 is 20.3 Å². The summed E-state index contributed by atoms with van der Waals surface area (Å²) in [7, 11) is 1.55. The molecular weight excluding hydrogens is 294 g/mol. The van der Waals surface area contributed by atoms with Gasteiger partial charge in [0, 0.05) is 18.0 Å². The van der Waals surface area contributed by atoms with Crippen LogP contribution in [0.15, 0.2) is 42.5 Å². The maximum Gasteiger partial charge on any atom is 0.161 e. The molecule has 0 aliphatic heterocycles. The van der Waals surface area contributed by atoms with Crippen LogP contribution >= 0.6 is 0 Å². The molecule has 1 atom stereocenters. The zero-order valence-corrected chi connectivity index (χ0v) is 13.4. The van der Waals surface area contributed by atoms with Crippen molar-refractivity contribution in [2.24, 2.45) is 0 Å². The van der Waals surface area contributed by atoms with Crippen LogP contribution in [0.5, 0.6) is 11.5 Å². The number of methoxy groups -OCH3 is 1. The van der Waals surface area contributed by atoms with Crippen LogP contribution in [0.25, 0.3) is 0 Å². The average molecular weight is 315 g/mol. The van der Waals surface area contributed by atoms with E-state index in [4.69, 9.17) is 9.47 Å². The molecule has 0 bridgehead atoms. The van der Waals surface area contributed by atoms with Crippen LogP contribution in [0.4, 0.5) is 0 Å². The van der Waals surface area contributed by atoms with E-state index in [1.54, 1.807) is 25.3 Å². The minimum atomic E-state index is -1.12. The number of hydrogen-bond donors (Lipinski definition) is 1. The lowest BCUT2D eigenvalue weighted by molar-refractivity contribution is -0.430. The van der Waals surface area contributed by atoms with Crippen LogP contribution in [-0.4, -0.2) is 13.1 Å². The van der Waals surface area contributed by atoms with Gasteiger partial charge in [-0.05, 0) is 30.7 Å². The topological polar surface area (TPSA) is 86.2 Å². The fraction of sp³-hybridized carbons (Fsp3) is 0.278. The smallest absolute Gasteiger partial charge is 0.161 e. The van der Waals surface area contributed by atoms with E-state index >= 15 is 0 Å². The van der Waals surface area contributed by atoms with E-state index in [-0.39, 0.29) is 12.5 Å². The summed E-state index contributed by atoms with van der Waals surface area (Å²) >= 11 is 0. The summed E-state index contributed by atoms with van der Waals surface area (Å²) in [6.07, 6.45) is -0.132. The third-order valence-corrected chi connectivity index (χ3v) is 3.59. The van der Waals surface area contributed by atoms with Crippen LogP contribution in [0.2, 0.25) is 0 Å². The van der Waals surface area contributed by atoms with Crippen molar-refractivity contribution < 1.29 is 25.1 Å². The summed E-state index contributed by atoms with van der Waals surface area (Å²) < 4.78 is 11.1. The molecule has 23 heavy (non-hydrogen) atoms. The maximum atomic E-state index is 10.7. The summed E-state index contributed by atoms with van der Waals surface area (Å²) in [6.45, 7) is 2.47. The number of quaternary nitrogens is 1. The fourth-order valence-corrected chi connectivity index (χ4v) is 2.22. The van der Waals surface area contributed by atoms with Gasteiger partial charge in [-0.25, -0.2) is 0 Å². The predicted octanol–water partition coefficient (Wildman–Crippen LogP) is 1.01. The van der Waals surface area contributed by atoms with E-state index in [1.165, 1.54) is 5.56 Å². The molecule has 122 valence electrons. The van der Waals surface area contributed by atoms with E-state index in [2.05, 4.69) is 5.73 Å². The van der Waals surface area contributed by atoms with Gasteiger partial charge in [-0.2, -0.15) is 0 Å². The van der Waals surface area contributed by atoms with Gasteiger partial charge in [0.05, 0.1) is 7.11 Å². The number of hydrogen-bond acceptors (Lipinski definition) is 4. The molecule has 2 aromatic carbocycles. The number of rotatable bonds is 7. The molecule has 0 amide bonds. The highest BCUT2D eigenvalue weighted by molar-refractivity contribution is 5.65. The first-order chi connectivity index (χ1) is 11.0. The van der Waals surface area contributed by atoms with Gasteiger partial charge in [0.1, 0.15) is 12.6 Å². The first kappa shape index (κ1) is 16.8. The normalized spacial score (nSPS) is 11.8. The molecule has 0 heterocycles. The predicted molar refractivity (Wildman–Crippen MR) is 83.8 cm³/mol. The Morgan fingerprint density at radius 1 is 1.17 bits per heavy atom. The maximum absolute atomic E-state index is 10.7. The molecule has 0 radical (unpaired) electrons. The van der Waals surface area contributed by atoms with Crippen LogP contribution in [0, 0.1) is 6.92 Å². The van der Waals surface area contributed by atoms with E-state index in [1.807, 2.05) is 31.2 Å². The van der Waals surface area contributed by atoms with Crippen LogP contribution in [0.1, 0.15) is 29.2 Å². The second-order valence-corrected chi connectivity index (χ2v) is 5.46. The van der Waals surface area contributed by atoms with Crippen molar-refractivity contribution in [1.29, 1.82) is 0 Å². The summed E-state index contributed by atoms with van der Waals surface area (Å²) in [4.78, 5) is 10.7. The summed E-state index contributed by atoms with van der Waals surface area (Å²) in [5.74, 6) is 0.0442. The summed E-state index contributed by atoms with van der Waals surface area (Å²) in [6, 6.07) is 13.0. The second kappa shape index (κ2) is 7.65. The van der Waals surface area contributed by atoms with Gasteiger partial charge >= 0.3 is 0 Å². The third kappa shape index (κ3) is 4.72. The molecule has 2 aromatic rings. The molecule has 5 heteroatoms. The number of benzene rings is 2. The molecule has 0 saturated carbocycles. The molecule has 0 saturated heterocycles. The van der Waals surface area contributed by atoms with Crippen molar-refractivity contribution in [3.8, 4) is 11.5 Å². The zero-order valence-electron chi connectivity index (χ0n) is 13.4. The SMILES string of the molecule is COc1cc([C@@H]([NH3+])CC(=O)[O-])ccc1OCc1ccc(C)cc1. The Morgan fingerprint density at radius 2 is 1.87 bits per heavy atom. The number of carbonyl (C=O) groups is 1. The molecule has 0 aromatic heterocycles. The van der Waals surface area contributed by atoms with Crippen molar-refractivity contribution in [3.05, 3.63) is 59.2 Å². The Morgan fingerprint density at radius 3 is 2.48 bits per heavy atom. The first-order valence-corrected chi connectivity index (χ1v) is 7.39. The standard InChI is InChI=1S/C18H21NO4/c1-12-3-5-13(6-4-12)11-23-16-8-7-14(9-17(16)22-2)15(19)10-18(20)21/h3-9,15H,10-11,19H2,1-2H3,(H,20,21)/t15-/m0/s1. The first-order valence-electron chi connectivity index (χ1n) is 7.39. The van der Waals surface area contributed by atoms with Crippen molar-refractivity contribution in [1.82, 2.24) is 0 Å². The van der Waals surface area contributed by atoms with Gasteiger partial charge in [0.25, 0.3) is 0 Å². The largest absolute Gasteiger partial charge is 0.550 e. The number of ether oxygens (including phenoxy) is 2. The van der Waals surface area contributed by atoms with E-state index in [0.717, 1.165) is 11.1 Å². The van der Waals surface area contributed by atoms with Gasteiger partial charge < -0.3 is 25.1 Å². The third-order valence-electron chi connectivity index (χ3n) is 3.59. The summed E-state index contributed by atoms with van der Waals surface area (Å²) in [5, 5.41) is 10.7. The molecule has 3 N–H and O–H groups in total. The number of aliphatic carboxylic acids is 1. The van der Waals surface area contributed by atoms with Crippen molar-refractivity contribution in [2.75, 3.05) is 7.11 Å². The number of carbonyl (C=O) groups excluding carboxylic acids is 1. The lowest BCUT2D eigenvalue weighted by Crippen LogP contribution is -2.55. The molecule has 0 fully saturated rings. The highest BCUT2D eigenvalue weighted by Crippen LogP contribution is 2.30. The second-order valence-electron chi connectivity index (χ2n) is 5.46. The number of carboxylic acids is 1. The Labute approximate surface area is 135 Å². The molecule has 0 unspecified atom stereocenters. The average Bonchev–Trinajstić information content (AvgIpc) is 2.53. The molecule has 0 aliphatic rings. The van der Waals surface area contributed by atoms with Gasteiger partial charge in [-0.1, -0.05) is 29.8 Å². The Hall–Kier alpha value is -2.53. The van der Waals surface area contributed by atoms with E-state index in [9.17, 15) is 9.90 Å². The monoisotopic (exact) mass is 315 g/mol. The van der Waals surface area contributed by atoms with Crippen molar-refractivity contribution >= 4 is 5.97 Å². The fourth-order valence-electron chi connectivity index (χ4n) is 2.22. The van der Waals surface area contributed by atoms with Crippen LogP contribution in [-0.2, 0) is 11.4 Å². The quantitative estimate of drug-likeness (QED) is 0.826. The van der Waals surface area contributed by atoms with Gasteiger partial charge in [0.15, 0.2) is 11.5 Å². The molecule has 5 nitrogen and oxygen atoms in total.